The maximum Gasteiger partial charge on any atom is 0.389 e. The van der Waals surface area contributed by atoms with Crippen molar-refractivity contribution >= 4 is 18.1 Å². The highest BCUT2D eigenvalue weighted by Gasteiger charge is 2.56. The lowest BCUT2D eigenvalue weighted by Crippen LogP contribution is -2.64. The number of β-amino-alcohol motifs (C(OH)–C–C–N with tert-alkyl or cyclic N) is 1. The number of alkyl halides is 3. The monoisotopic (exact) mass is 441 g/mol. The van der Waals surface area contributed by atoms with E-state index in [-0.39, 0.29) is 6.54 Å². The molecular weight excluding hydrogens is 411 g/mol. The van der Waals surface area contributed by atoms with Gasteiger partial charge in [-0.15, -0.1) is 0 Å². The lowest BCUT2D eigenvalue weighted by Gasteiger charge is -2.54. The molecule has 10 heteroatoms. The van der Waals surface area contributed by atoms with Gasteiger partial charge in [0.15, 0.2) is 5.82 Å². The van der Waals surface area contributed by atoms with Crippen molar-refractivity contribution in [2.75, 3.05) is 19.6 Å². The number of aromatic nitrogens is 2. The molecule has 4 rings (SSSR count). The standard InChI is InChI=1S/C21H30F3N5O2/c1-15(9-21(22,23)24)18(30)29-8-7-20(31,19(12-29)5-3-4-6-19)13-28-11-16-10-26-27(2)17(16)25-14-28/h10,14-15,31H,3-9,11-13H2,1-2H3/t15-,20?/m1/s1. The van der Waals surface area contributed by atoms with Crippen LogP contribution in [0.4, 0.5) is 19.0 Å². The van der Waals surface area contributed by atoms with Gasteiger partial charge in [0.05, 0.1) is 24.6 Å². The Morgan fingerprint density at radius 1 is 1.29 bits per heavy atom. The fourth-order valence-electron chi connectivity index (χ4n) is 5.62. The van der Waals surface area contributed by atoms with E-state index >= 15 is 0 Å². The Kier molecular flexibility index (Phi) is 5.56. The summed E-state index contributed by atoms with van der Waals surface area (Å²) in [4.78, 5) is 20.8. The van der Waals surface area contributed by atoms with Crippen molar-refractivity contribution in [3.63, 3.8) is 0 Å². The first-order valence-corrected chi connectivity index (χ1v) is 10.9. The number of carbonyl (C=O) groups excluding carboxylic acids is 1. The van der Waals surface area contributed by atoms with Crippen LogP contribution in [0.1, 0.15) is 51.0 Å². The molecule has 1 saturated carbocycles. The molecule has 1 aromatic heterocycles. The van der Waals surface area contributed by atoms with Crippen molar-refractivity contribution < 1.29 is 23.1 Å². The van der Waals surface area contributed by atoms with E-state index in [0.717, 1.165) is 37.1 Å². The first-order chi connectivity index (χ1) is 14.5. The summed E-state index contributed by atoms with van der Waals surface area (Å²) >= 11 is 0. The Morgan fingerprint density at radius 2 is 2.00 bits per heavy atom. The average Bonchev–Trinajstić information content (AvgIpc) is 3.30. The molecule has 1 saturated heterocycles. The molecule has 0 bridgehead atoms. The molecule has 172 valence electrons. The van der Waals surface area contributed by atoms with Gasteiger partial charge in [0.2, 0.25) is 5.91 Å². The summed E-state index contributed by atoms with van der Waals surface area (Å²) in [7, 11) is 1.83. The molecule has 7 nitrogen and oxygen atoms in total. The van der Waals surface area contributed by atoms with Crippen molar-refractivity contribution in [3.8, 4) is 0 Å². The third kappa shape index (κ3) is 4.18. The topological polar surface area (TPSA) is 74.0 Å². The van der Waals surface area contributed by atoms with Gasteiger partial charge in [0.1, 0.15) is 0 Å². The molecule has 1 spiro atoms. The van der Waals surface area contributed by atoms with Crippen LogP contribution in [0.25, 0.3) is 0 Å². The second-order valence-electron chi connectivity index (χ2n) is 9.52. The van der Waals surface area contributed by atoms with Crippen LogP contribution < -0.4 is 0 Å². The summed E-state index contributed by atoms with van der Waals surface area (Å²) in [5.41, 5.74) is -0.538. The minimum absolute atomic E-state index is 0.266. The van der Waals surface area contributed by atoms with Crippen LogP contribution in [0.2, 0.25) is 0 Å². The van der Waals surface area contributed by atoms with Crippen LogP contribution in [-0.2, 0) is 18.4 Å². The summed E-state index contributed by atoms with van der Waals surface area (Å²) in [5.74, 6) is -0.772. The number of halogens is 3. The van der Waals surface area contributed by atoms with E-state index in [0.29, 0.717) is 26.1 Å². The fraction of sp³-hybridized carbons (Fsp3) is 0.762. The maximum absolute atomic E-state index is 12.8. The zero-order valence-electron chi connectivity index (χ0n) is 18.0. The normalized spacial score (nSPS) is 26.4. The number of carbonyl (C=O) groups is 1. The van der Waals surface area contributed by atoms with E-state index in [1.165, 1.54) is 6.92 Å². The Balaban J connectivity index is 1.49. The van der Waals surface area contributed by atoms with Gasteiger partial charge in [0.25, 0.3) is 0 Å². The van der Waals surface area contributed by atoms with Crippen LogP contribution in [-0.4, -0.2) is 68.3 Å². The third-order valence-electron chi connectivity index (χ3n) is 7.27. The molecule has 0 radical (unpaired) electrons. The van der Waals surface area contributed by atoms with Crippen molar-refractivity contribution in [2.45, 2.75) is 63.8 Å². The second kappa shape index (κ2) is 7.79. The summed E-state index contributed by atoms with van der Waals surface area (Å²) in [6.07, 6.45) is 1.81. The van der Waals surface area contributed by atoms with Gasteiger partial charge >= 0.3 is 6.18 Å². The average molecular weight is 441 g/mol. The minimum Gasteiger partial charge on any atom is -0.387 e. The van der Waals surface area contributed by atoms with Crippen molar-refractivity contribution in [3.05, 3.63) is 11.8 Å². The van der Waals surface area contributed by atoms with Crippen molar-refractivity contribution in [1.82, 2.24) is 19.6 Å². The highest BCUT2D eigenvalue weighted by atomic mass is 19.4. The zero-order chi connectivity index (χ0) is 22.4. The van der Waals surface area contributed by atoms with Gasteiger partial charge < -0.3 is 14.9 Å². The number of amides is 1. The Morgan fingerprint density at radius 3 is 2.68 bits per heavy atom. The second-order valence-corrected chi connectivity index (χ2v) is 9.52. The van der Waals surface area contributed by atoms with Gasteiger partial charge in [0, 0.05) is 50.1 Å². The molecule has 31 heavy (non-hydrogen) atoms. The molecule has 3 heterocycles. The van der Waals surface area contributed by atoms with E-state index in [4.69, 9.17) is 0 Å². The number of hydrogen-bond donors (Lipinski definition) is 1. The number of fused-ring (bicyclic) bond motifs is 1. The number of aliphatic imine (C=N–C) groups is 1. The van der Waals surface area contributed by atoms with Gasteiger partial charge in [-0.3, -0.25) is 9.48 Å². The Bertz CT molecular complexity index is 862. The molecule has 3 aliphatic rings. The lowest BCUT2D eigenvalue weighted by atomic mass is 9.65. The number of hydrogen-bond acceptors (Lipinski definition) is 5. The van der Waals surface area contributed by atoms with E-state index in [2.05, 4.69) is 10.1 Å². The number of aliphatic hydroxyl groups is 1. The summed E-state index contributed by atoms with van der Waals surface area (Å²) in [6, 6.07) is 0. The number of rotatable bonds is 4. The SMILES string of the molecule is C[C@H](CC(F)(F)F)C(=O)N1CCC(O)(CN2C=Nc3c(cnn3C)C2)C2(CCCC2)C1. The quantitative estimate of drug-likeness (QED) is 0.780. The highest BCUT2D eigenvalue weighted by molar-refractivity contribution is 5.78. The number of nitrogens with zero attached hydrogens (tertiary/aromatic N) is 5. The van der Waals surface area contributed by atoms with Crippen molar-refractivity contribution in [1.29, 1.82) is 0 Å². The Hall–Kier alpha value is -2.10. The molecule has 1 amide bonds. The molecule has 1 unspecified atom stereocenters. The van der Waals surface area contributed by atoms with Crippen LogP contribution in [0.3, 0.4) is 0 Å². The summed E-state index contributed by atoms with van der Waals surface area (Å²) in [5, 5.41) is 16.0. The van der Waals surface area contributed by atoms with E-state index in [1.54, 1.807) is 22.1 Å². The number of aryl methyl sites for hydroxylation is 1. The number of likely N-dealkylation sites (tertiary alicyclic amines) is 1. The fourth-order valence-corrected chi connectivity index (χ4v) is 5.62. The molecule has 2 atom stereocenters. The number of piperidine rings is 1. The first-order valence-electron chi connectivity index (χ1n) is 10.9. The summed E-state index contributed by atoms with van der Waals surface area (Å²) in [6.45, 7) is 2.89. The molecule has 2 fully saturated rings. The molecule has 0 aromatic carbocycles. The predicted octanol–water partition coefficient (Wildman–Crippen LogP) is 3.01. The van der Waals surface area contributed by atoms with Crippen molar-refractivity contribution in [2.24, 2.45) is 23.4 Å². The molecule has 2 aliphatic heterocycles. The zero-order valence-corrected chi connectivity index (χ0v) is 18.0. The third-order valence-corrected chi connectivity index (χ3v) is 7.27. The van der Waals surface area contributed by atoms with E-state index in [9.17, 15) is 23.1 Å². The minimum atomic E-state index is -4.37. The molecule has 1 N–H and O–H groups in total. The smallest absolute Gasteiger partial charge is 0.387 e. The van der Waals surface area contributed by atoms with Gasteiger partial charge in [-0.1, -0.05) is 19.8 Å². The van der Waals surface area contributed by atoms with E-state index in [1.807, 2.05) is 11.9 Å². The van der Waals surface area contributed by atoms with Crippen LogP contribution in [0, 0.1) is 11.3 Å². The Labute approximate surface area is 179 Å². The predicted molar refractivity (Wildman–Crippen MR) is 109 cm³/mol. The molecular formula is C21H30F3N5O2. The molecule has 1 aromatic rings. The maximum atomic E-state index is 12.8. The first kappa shape index (κ1) is 22.1. The van der Waals surface area contributed by atoms with E-state index < -0.39 is 35.4 Å². The molecule has 1 aliphatic carbocycles. The van der Waals surface area contributed by atoms with Crippen LogP contribution in [0.15, 0.2) is 11.2 Å². The van der Waals surface area contributed by atoms with Gasteiger partial charge in [-0.25, -0.2) is 4.99 Å². The van der Waals surface area contributed by atoms with Gasteiger partial charge in [-0.05, 0) is 19.3 Å². The lowest BCUT2D eigenvalue weighted by molar-refractivity contribution is -0.172. The largest absolute Gasteiger partial charge is 0.389 e. The van der Waals surface area contributed by atoms with Crippen LogP contribution in [0.5, 0.6) is 0 Å². The highest BCUT2D eigenvalue weighted by Crippen LogP contribution is 2.51. The van der Waals surface area contributed by atoms with Gasteiger partial charge in [-0.2, -0.15) is 18.3 Å². The summed E-state index contributed by atoms with van der Waals surface area (Å²) < 4.78 is 40.1. The van der Waals surface area contributed by atoms with Crippen LogP contribution >= 0.6 is 0 Å².